The van der Waals surface area contributed by atoms with Crippen LogP contribution < -0.4 is 15.4 Å². The van der Waals surface area contributed by atoms with Gasteiger partial charge in [-0.15, -0.1) is 11.3 Å². The monoisotopic (exact) mass is 462 g/mol. The van der Waals surface area contributed by atoms with Crippen molar-refractivity contribution in [3.63, 3.8) is 0 Å². The fourth-order valence-corrected chi connectivity index (χ4v) is 5.18. The summed E-state index contributed by atoms with van der Waals surface area (Å²) in [4.78, 5) is 33.5. The van der Waals surface area contributed by atoms with Gasteiger partial charge in [0.25, 0.3) is 11.8 Å². The zero-order valence-corrected chi connectivity index (χ0v) is 19.5. The summed E-state index contributed by atoms with van der Waals surface area (Å²) >= 11 is 1.54. The third-order valence-corrected chi connectivity index (χ3v) is 7.07. The number of hydrogen-bond acceptors (Lipinski definition) is 6. The van der Waals surface area contributed by atoms with Crippen LogP contribution in [0.3, 0.4) is 0 Å². The molecule has 3 aromatic rings. The van der Waals surface area contributed by atoms with E-state index in [1.165, 1.54) is 11.3 Å². The van der Waals surface area contributed by atoms with E-state index in [1.807, 2.05) is 49.1 Å². The number of likely N-dealkylation sites (tertiary alicyclic amines) is 1. The molecule has 1 aromatic heterocycles. The Morgan fingerprint density at radius 3 is 2.88 bits per heavy atom. The standard InChI is InChI=1S/C25H26N4O3S/c1-15-5-3-6-17(13-15)23-22(28-16(2)33-23)25(31)29-11-9-18(29)14-27-24(30)19-7-4-8-20-21(19)26-10-12-32-20/h3-8,13,18,26H,9-12,14H2,1-2H3,(H,27,30). The molecule has 1 fully saturated rings. The first kappa shape index (κ1) is 21.5. The quantitative estimate of drug-likeness (QED) is 0.601. The Morgan fingerprint density at radius 1 is 1.24 bits per heavy atom. The number of fused-ring (bicyclic) bond motifs is 1. The zero-order chi connectivity index (χ0) is 22.9. The van der Waals surface area contributed by atoms with Gasteiger partial charge in [-0.05, 0) is 38.0 Å². The van der Waals surface area contributed by atoms with E-state index in [0.29, 0.717) is 43.2 Å². The van der Waals surface area contributed by atoms with Gasteiger partial charge < -0.3 is 20.3 Å². The summed E-state index contributed by atoms with van der Waals surface area (Å²) in [5, 5.41) is 7.11. The number of benzene rings is 2. The van der Waals surface area contributed by atoms with Crippen LogP contribution in [0.1, 0.15) is 37.8 Å². The van der Waals surface area contributed by atoms with Crippen molar-refractivity contribution in [3.05, 3.63) is 64.3 Å². The molecule has 2 N–H and O–H groups in total. The summed E-state index contributed by atoms with van der Waals surface area (Å²) in [6.45, 7) is 6.28. The van der Waals surface area contributed by atoms with Gasteiger partial charge >= 0.3 is 0 Å². The molecule has 170 valence electrons. The van der Waals surface area contributed by atoms with Crippen LogP contribution in [0, 0.1) is 13.8 Å². The van der Waals surface area contributed by atoms with E-state index in [4.69, 9.17) is 4.74 Å². The number of carbonyl (C=O) groups is 2. The molecule has 3 heterocycles. The predicted molar refractivity (Wildman–Crippen MR) is 129 cm³/mol. The lowest BCUT2D eigenvalue weighted by Gasteiger charge is -2.40. The number of amides is 2. The molecule has 0 saturated carbocycles. The van der Waals surface area contributed by atoms with Crippen LogP contribution in [-0.2, 0) is 0 Å². The molecule has 8 heteroatoms. The van der Waals surface area contributed by atoms with Crippen LogP contribution >= 0.6 is 11.3 Å². The van der Waals surface area contributed by atoms with Gasteiger partial charge in [0.05, 0.1) is 27.2 Å². The summed E-state index contributed by atoms with van der Waals surface area (Å²) in [7, 11) is 0. The number of nitrogens with one attached hydrogen (secondary N) is 2. The molecule has 5 rings (SSSR count). The normalized spacial score (nSPS) is 16.8. The summed E-state index contributed by atoms with van der Waals surface area (Å²) < 4.78 is 5.63. The first-order valence-corrected chi connectivity index (χ1v) is 12.0. The first-order valence-electron chi connectivity index (χ1n) is 11.1. The highest BCUT2D eigenvalue weighted by atomic mass is 32.1. The highest BCUT2D eigenvalue weighted by Gasteiger charge is 2.35. The number of aryl methyl sites for hydroxylation is 2. The molecular formula is C25H26N4O3S. The maximum atomic E-state index is 13.4. The highest BCUT2D eigenvalue weighted by molar-refractivity contribution is 7.15. The molecule has 1 atom stereocenters. The van der Waals surface area contributed by atoms with Crippen molar-refractivity contribution >= 4 is 28.8 Å². The Hall–Kier alpha value is -3.39. The van der Waals surface area contributed by atoms with Crippen molar-refractivity contribution in [2.45, 2.75) is 26.3 Å². The third kappa shape index (κ3) is 4.18. The largest absolute Gasteiger partial charge is 0.490 e. The molecule has 2 amide bonds. The van der Waals surface area contributed by atoms with Crippen molar-refractivity contribution in [1.82, 2.24) is 15.2 Å². The van der Waals surface area contributed by atoms with Crippen molar-refractivity contribution in [2.75, 3.05) is 31.6 Å². The summed E-state index contributed by atoms with van der Waals surface area (Å²) in [5.74, 6) is 0.444. The molecule has 1 unspecified atom stereocenters. The van der Waals surface area contributed by atoms with Crippen LogP contribution in [0.5, 0.6) is 5.75 Å². The van der Waals surface area contributed by atoms with Gasteiger partial charge in [-0.25, -0.2) is 4.98 Å². The molecule has 0 radical (unpaired) electrons. The number of carbonyl (C=O) groups excluding carboxylic acids is 2. The van der Waals surface area contributed by atoms with E-state index < -0.39 is 0 Å². The van der Waals surface area contributed by atoms with E-state index in [2.05, 4.69) is 21.7 Å². The fourth-order valence-electron chi connectivity index (χ4n) is 4.28. The predicted octanol–water partition coefficient (Wildman–Crippen LogP) is 3.88. The Kier molecular flexibility index (Phi) is 5.76. The minimum absolute atomic E-state index is 0.0439. The SMILES string of the molecule is Cc1cccc(-c2sc(C)nc2C(=O)N2CCC2CNC(=O)c2cccc3c2NCCO3)c1. The van der Waals surface area contributed by atoms with Crippen LogP contribution in [-0.4, -0.2) is 54.0 Å². The van der Waals surface area contributed by atoms with E-state index >= 15 is 0 Å². The molecule has 0 bridgehead atoms. The second-order valence-corrected chi connectivity index (χ2v) is 9.59. The van der Waals surface area contributed by atoms with Gasteiger partial charge in [0.1, 0.15) is 18.1 Å². The Labute approximate surface area is 196 Å². The van der Waals surface area contributed by atoms with Crippen molar-refractivity contribution in [2.24, 2.45) is 0 Å². The van der Waals surface area contributed by atoms with Crippen LogP contribution in [0.15, 0.2) is 42.5 Å². The average Bonchev–Trinajstić information content (AvgIpc) is 3.20. The van der Waals surface area contributed by atoms with Gasteiger partial charge in [-0.1, -0.05) is 35.9 Å². The molecule has 1 saturated heterocycles. The van der Waals surface area contributed by atoms with Gasteiger partial charge in [0, 0.05) is 19.6 Å². The number of ether oxygens (including phenoxy) is 1. The molecule has 2 aromatic carbocycles. The lowest BCUT2D eigenvalue weighted by molar-refractivity contribution is 0.0451. The number of anilines is 1. The zero-order valence-electron chi connectivity index (χ0n) is 18.7. The number of hydrogen-bond donors (Lipinski definition) is 2. The fraction of sp³-hybridized carbons (Fsp3) is 0.320. The van der Waals surface area contributed by atoms with Crippen molar-refractivity contribution in [1.29, 1.82) is 0 Å². The lowest BCUT2D eigenvalue weighted by Crippen LogP contribution is -2.56. The smallest absolute Gasteiger partial charge is 0.274 e. The van der Waals surface area contributed by atoms with E-state index in [-0.39, 0.29) is 17.9 Å². The minimum Gasteiger partial charge on any atom is -0.490 e. The number of nitrogens with zero attached hydrogens (tertiary/aromatic N) is 2. The van der Waals surface area contributed by atoms with Crippen molar-refractivity contribution < 1.29 is 14.3 Å². The molecular weight excluding hydrogens is 436 g/mol. The topological polar surface area (TPSA) is 83.6 Å². The van der Waals surface area contributed by atoms with Gasteiger partial charge in [-0.3, -0.25) is 9.59 Å². The molecule has 33 heavy (non-hydrogen) atoms. The number of thiazole rings is 1. The molecule has 2 aliphatic rings. The van der Waals surface area contributed by atoms with Gasteiger partial charge in [0.15, 0.2) is 0 Å². The van der Waals surface area contributed by atoms with Crippen LogP contribution in [0.25, 0.3) is 10.4 Å². The van der Waals surface area contributed by atoms with E-state index in [9.17, 15) is 9.59 Å². The summed E-state index contributed by atoms with van der Waals surface area (Å²) in [6.07, 6.45) is 0.850. The second kappa shape index (κ2) is 8.86. The molecule has 7 nitrogen and oxygen atoms in total. The van der Waals surface area contributed by atoms with Crippen molar-refractivity contribution in [3.8, 4) is 16.2 Å². The lowest BCUT2D eigenvalue weighted by atomic mass is 10.0. The highest BCUT2D eigenvalue weighted by Crippen LogP contribution is 2.34. The van der Waals surface area contributed by atoms with Crippen LogP contribution in [0.2, 0.25) is 0 Å². The average molecular weight is 463 g/mol. The molecule has 2 aliphatic heterocycles. The maximum Gasteiger partial charge on any atom is 0.274 e. The van der Waals surface area contributed by atoms with E-state index in [0.717, 1.165) is 33.1 Å². The number of rotatable bonds is 5. The molecule has 0 aliphatic carbocycles. The van der Waals surface area contributed by atoms with Crippen LogP contribution in [0.4, 0.5) is 5.69 Å². The first-order chi connectivity index (χ1) is 16.0. The number of aromatic nitrogens is 1. The Bertz CT molecular complexity index is 1220. The van der Waals surface area contributed by atoms with E-state index in [1.54, 1.807) is 6.07 Å². The Morgan fingerprint density at radius 2 is 2.09 bits per heavy atom. The summed E-state index contributed by atoms with van der Waals surface area (Å²) in [6, 6.07) is 13.5. The minimum atomic E-state index is -0.172. The summed E-state index contributed by atoms with van der Waals surface area (Å²) in [5.41, 5.74) is 3.93. The maximum absolute atomic E-state index is 13.4. The second-order valence-electron chi connectivity index (χ2n) is 8.39. The number of para-hydroxylation sites is 1. The Balaban J connectivity index is 1.28. The third-order valence-electron chi connectivity index (χ3n) is 6.05. The van der Waals surface area contributed by atoms with Gasteiger partial charge in [-0.2, -0.15) is 0 Å². The molecule has 0 spiro atoms. The van der Waals surface area contributed by atoms with Gasteiger partial charge in [0.2, 0.25) is 0 Å².